The summed E-state index contributed by atoms with van der Waals surface area (Å²) >= 11 is 0. The number of piperazine rings is 1. The van der Waals surface area contributed by atoms with Gasteiger partial charge in [0, 0.05) is 59.8 Å². The van der Waals surface area contributed by atoms with E-state index in [0.29, 0.717) is 35.7 Å². The molecule has 0 bridgehead atoms. The molecule has 0 radical (unpaired) electrons. The molecule has 1 saturated heterocycles. The lowest BCUT2D eigenvalue weighted by atomic mass is 9.97. The maximum absolute atomic E-state index is 14.2. The zero-order valence-corrected chi connectivity index (χ0v) is 17.9. The number of fused-ring (bicyclic) bond motifs is 2. The fourth-order valence-electron chi connectivity index (χ4n) is 4.86. The van der Waals surface area contributed by atoms with E-state index in [0.717, 1.165) is 25.1 Å². The number of carbonyl (C=O) groups is 2. The molecule has 2 aliphatic heterocycles. The second-order valence-electron chi connectivity index (χ2n) is 8.93. The van der Waals surface area contributed by atoms with Crippen LogP contribution >= 0.6 is 0 Å². The Kier molecular flexibility index (Phi) is 4.43. The van der Waals surface area contributed by atoms with Crippen LogP contribution in [0.25, 0.3) is 11.1 Å². The number of halogens is 1. The van der Waals surface area contributed by atoms with Crippen LogP contribution in [0.4, 0.5) is 16.0 Å². The van der Waals surface area contributed by atoms with Crippen molar-refractivity contribution in [3.63, 3.8) is 0 Å². The van der Waals surface area contributed by atoms with Gasteiger partial charge in [-0.2, -0.15) is 0 Å². The lowest BCUT2D eigenvalue weighted by Crippen LogP contribution is -2.49. The molecule has 3 aliphatic rings. The highest BCUT2D eigenvalue weighted by Crippen LogP contribution is 2.57. The Morgan fingerprint density at radius 1 is 1.09 bits per heavy atom. The molecule has 1 aromatic heterocycles. The standard InChI is InChI=1S/C25H22FN5O2/c26-20-4-2-1-3-18(20)17-12-28-24(29-13-17)31-15-25(7-8-25)19-6-5-16(11-21(19)31)23(33)30-10-9-27-22(32)14-30/h1-6,11-13H,7-10,14-15H2,(H,27,32). The van der Waals surface area contributed by atoms with E-state index < -0.39 is 0 Å². The molecule has 0 atom stereocenters. The van der Waals surface area contributed by atoms with Crippen LogP contribution in [0.5, 0.6) is 0 Å². The zero-order chi connectivity index (χ0) is 22.6. The Labute approximate surface area is 190 Å². The van der Waals surface area contributed by atoms with Gasteiger partial charge >= 0.3 is 0 Å². The summed E-state index contributed by atoms with van der Waals surface area (Å²) < 4.78 is 14.2. The third kappa shape index (κ3) is 3.33. The highest BCUT2D eigenvalue weighted by molar-refractivity contribution is 5.98. The number of hydrogen-bond acceptors (Lipinski definition) is 5. The summed E-state index contributed by atoms with van der Waals surface area (Å²) in [6.45, 7) is 1.79. The predicted octanol–water partition coefficient (Wildman–Crippen LogP) is 3.04. The molecule has 1 N–H and O–H groups in total. The molecule has 7 nitrogen and oxygen atoms in total. The van der Waals surface area contributed by atoms with E-state index in [9.17, 15) is 14.0 Å². The van der Waals surface area contributed by atoms with Gasteiger partial charge in [0.05, 0.1) is 6.54 Å². The quantitative estimate of drug-likeness (QED) is 0.673. The maximum atomic E-state index is 14.2. The third-order valence-electron chi connectivity index (χ3n) is 6.81. The van der Waals surface area contributed by atoms with Crippen LogP contribution in [0, 0.1) is 5.82 Å². The lowest BCUT2D eigenvalue weighted by Gasteiger charge is -2.27. The number of rotatable bonds is 3. The monoisotopic (exact) mass is 443 g/mol. The number of aromatic nitrogens is 2. The second kappa shape index (κ2) is 7.37. The first-order chi connectivity index (χ1) is 16.0. The first-order valence-electron chi connectivity index (χ1n) is 11.1. The highest BCUT2D eigenvalue weighted by Gasteiger charge is 2.52. The highest BCUT2D eigenvalue weighted by atomic mass is 19.1. The minimum atomic E-state index is -0.313. The van der Waals surface area contributed by atoms with E-state index in [-0.39, 0.29) is 29.6 Å². The van der Waals surface area contributed by atoms with Gasteiger partial charge in [-0.1, -0.05) is 24.3 Å². The Morgan fingerprint density at radius 3 is 2.61 bits per heavy atom. The Balaban J connectivity index is 1.33. The van der Waals surface area contributed by atoms with E-state index in [4.69, 9.17) is 0 Å². The number of anilines is 2. The summed E-state index contributed by atoms with van der Waals surface area (Å²) in [6.07, 6.45) is 5.45. The Hall–Kier alpha value is -3.81. The summed E-state index contributed by atoms with van der Waals surface area (Å²) in [6, 6.07) is 12.3. The molecular weight excluding hydrogens is 421 g/mol. The Bertz CT molecular complexity index is 1270. The fraction of sp³-hybridized carbons (Fsp3) is 0.280. The SMILES string of the molecule is O=C1CN(C(=O)c2ccc3c(c2)N(c2ncc(-c4ccccc4F)cn2)CC32CC2)CCN1. The molecule has 3 aromatic rings. The van der Waals surface area contributed by atoms with Crippen molar-refractivity contribution in [1.29, 1.82) is 0 Å². The van der Waals surface area contributed by atoms with Crippen LogP contribution in [-0.4, -0.2) is 52.9 Å². The van der Waals surface area contributed by atoms with Crippen molar-refractivity contribution in [2.45, 2.75) is 18.3 Å². The number of hydrogen-bond donors (Lipinski definition) is 1. The average molecular weight is 443 g/mol. The largest absolute Gasteiger partial charge is 0.353 e. The van der Waals surface area contributed by atoms with Crippen LogP contribution in [0.3, 0.4) is 0 Å². The van der Waals surface area contributed by atoms with Gasteiger partial charge in [0.2, 0.25) is 11.9 Å². The van der Waals surface area contributed by atoms with Crippen molar-refractivity contribution in [1.82, 2.24) is 20.2 Å². The van der Waals surface area contributed by atoms with Gasteiger partial charge in [0.25, 0.3) is 5.91 Å². The number of nitrogens with one attached hydrogen (secondary N) is 1. The van der Waals surface area contributed by atoms with Crippen molar-refractivity contribution in [3.05, 3.63) is 71.8 Å². The summed E-state index contributed by atoms with van der Waals surface area (Å²) in [5, 5.41) is 2.75. The molecule has 1 spiro atoms. The normalized spacial score (nSPS) is 18.3. The number of nitrogens with zero attached hydrogens (tertiary/aromatic N) is 4. The molecule has 0 unspecified atom stereocenters. The minimum Gasteiger partial charge on any atom is -0.353 e. The lowest BCUT2D eigenvalue weighted by molar-refractivity contribution is -0.123. The summed E-state index contributed by atoms with van der Waals surface area (Å²) in [5.41, 5.74) is 3.84. The Morgan fingerprint density at radius 2 is 1.88 bits per heavy atom. The van der Waals surface area contributed by atoms with Gasteiger partial charge in [-0.05, 0) is 36.6 Å². The van der Waals surface area contributed by atoms with E-state index in [1.54, 1.807) is 35.5 Å². The minimum absolute atomic E-state index is 0.0736. The van der Waals surface area contributed by atoms with Crippen LogP contribution in [0.15, 0.2) is 54.9 Å². The van der Waals surface area contributed by atoms with Gasteiger partial charge in [-0.3, -0.25) is 9.59 Å². The van der Waals surface area contributed by atoms with Crippen LogP contribution in [0.1, 0.15) is 28.8 Å². The first kappa shape index (κ1) is 19.8. The fourth-order valence-corrected chi connectivity index (χ4v) is 4.86. The van der Waals surface area contributed by atoms with Crippen LogP contribution < -0.4 is 10.2 Å². The number of carbonyl (C=O) groups excluding carboxylic acids is 2. The van der Waals surface area contributed by atoms with Crippen molar-refractivity contribution >= 4 is 23.5 Å². The van der Waals surface area contributed by atoms with Crippen LogP contribution in [-0.2, 0) is 10.2 Å². The summed E-state index contributed by atoms with van der Waals surface area (Å²) in [5.74, 6) is -0.0771. The second-order valence-corrected chi connectivity index (χ2v) is 8.93. The first-order valence-corrected chi connectivity index (χ1v) is 11.1. The smallest absolute Gasteiger partial charge is 0.254 e. The molecule has 1 saturated carbocycles. The van der Waals surface area contributed by atoms with Gasteiger partial charge < -0.3 is 15.1 Å². The van der Waals surface area contributed by atoms with E-state index in [1.807, 2.05) is 23.1 Å². The van der Waals surface area contributed by atoms with Crippen LogP contribution in [0.2, 0.25) is 0 Å². The molecule has 166 valence electrons. The molecule has 33 heavy (non-hydrogen) atoms. The average Bonchev–Trinajstić information content (AvgIpc) is 3.55. The van der Waals surface area contributed by atoms with Gasteiger partial charge in [-0.25, -0.2) is 14.4 Å². The molecule has 3 heterocycles. The molecule has 2 amide bonds. The van der Waals surface area contributed by atoms with Gasteiger partial charge in [0.1, 0.15) is 5.82 Å². The molecule has 8 heteroatoms. The van der Waals surface area contributed by atoms with E-state index in [2.05, 4.69) is 15.3 Å². The van der Waals surface area contributed by atoms with E-state index in [1.165, 1.54) is 11.6 Å². The summed E-state index contributed by atoms with van der Waals surface area (Å²) in [4.78, 5) is 37.5. The molecular formula is C25H22FN5O2. The molecule has 1 aliphatic carbocycles. The number of amides is 2. The molecule has 2 fully saturated rings. The van der Waals surface area contributed by atoms with Crippen molar-refractivity contribution < 1.29 is 14.0 Å². The van der Waals surface area contributed by atoms with Gasteiger partial charge in [-0.15, -0.1) is 0 Å². The topological polar surface area (TPSA) is 78.4 Å². The van der Waals surface area contributed by atoms with E-state index >= 15 is 0 Å². The predicted molar refractivity (Wildman–Crippen MR) is 121 cm³/mol. The van der Waals surface area contributed by atoms with Crippen molar-refractivity contribution in [2.75, 3.05) is 31.1 Å². The third-order valence-corrected chi connectivity index (χ3v) is 6.81. The zero-order valence-electron chi connectivity index (χ0n) is 17.9. The molecule has 2 aromatic carbocycles. The summed E-state index contributed by atoms with van der Waals surface area (Å²) in [7, 11) is 0. The van der Waals surface area contributed by atoms with Crippen molar-refractivity contribution in [3.8, 4) is 11.1 Å². The van der Waals surface area contributed by atoms with Crippen molar-refractivity contribution in [2.24, 2.45) is 0 Å². The molecule has 6 rings (SSSR count). The van der Waals surface area contributed by atoms with Gasteiger partial charge in [0.15, 0.2) is 0 Å². The number of benzene rings is 2. The maximum Gasteiger partial charge on any atom is 0.254 e.